The summed E-state index contributed by atoms with van der Waals surface area (Å²) in [4.78, 5) is 3.78. The summed E-state index contributed by atoms with van der Waals surface area (Å²) in [6.45, 7) is 3.71. The Morgan fingerprint density at radius 1 is 1.60 bits per heavy atom. The lowest BCUT2D eigenvalue weighted by Crippen LogP contribution is -1.97. The maximum atomic E-state index is 7.00. The number of nitrogens with zero attached hydrogens (tertiary/aromatic N) is 1. The Balaban J connectivity index is 4.02. The molecule has 0 aliphatic carbocycles. The third kappa shape index (κ3) is 3.83. The SMILES string of the molecule is C/C=C\C(C)=N/C(=N)OC. The monoisotopic (exact) mass is 140 g/mol. The van der Waals surface area contributed by atoms with Crippen molar-refractivity contribution in [2.75, 3.05) is 7.11 Å². The van der Waals surface area contributed by atoms with Gasteiger partial charge in [0.15, 0.2) is 0 Å². The van der Waals surface area contributed by atoms with Crippen LogP contribution in [0.2, 0.25) is 0 Å². The molecule has 0 spiro atoms. The van der Waals surface area contributed by atoms with Crippen LogP contribution >= 0.6 is 0 Å². The van der Waals surface area contributed by atoms with E-state index in [-0.39, 0.29) is 6.02 Å². The highest BCUT2D eigenvalue weighted by atomic mass is 16.5. The number of hydrogen-bond donors (Lipinski definition) is 1. The number of methoxy groups -OCH3 is 1. The Kier molecular flexibility index (Phi) is 4.20. The summed E-state index contributed by atoms with van der Waals surface area (Å²) >= 11 is 0. The third-order valence-corrected chi connectivity index (χ3v) is 0.879. The molecule has 1 N–H and O–H groups in total. The molecular weight excluding hydrogens is 128 g/mol. The van der Waals surface area contributed by atoms with Crippen molar-refractivity contribution in [3.8, 4) is 0 Å². The average Bonchev–Trinajstić information content (AvgIpc) is 1.88. The standard InChI is InChI=1S/C7H12N2O/c1-4-5-6(2)9-7(8)10-3/h4-5,8H,1-3H3/b5-4-,8-7?,9-6-. The fourth-order valence-corrected chi connectivity index (χ4v) is 0.484. The molecule has 0 saturated heterocycles. The van der Waals surface area contributed by atoms with E-state index in [0.717, 1.165) is 5.71 Å². The minimum absolute atomic E-state index is 0.0596. The van der Waals surface area contributed by atoms with Gasteiger partial charge < -0.3 is 4.74 Å². The molecule has 3 nitrogen and oxygen atoms in total. The van der Waals surface area contributed by atoms with E-state index in [0.29, 0.717) is 0 Å². The van der Waals surface area contributed by atoms with Crippen molar-refractivity contribution in [2.24, 2.45) is 4.99 Å². The first kappa shape index (κ1) is 8.88. The van der Waals surface area contributed by atoms with Crippen LogP contribution in [0.5, 0.6) is 0 Å². The summed E-state index contributed by atoms with van der Waals surface area (Å²) in [6, 6.07) is -0.0596. The van der Waals surface area contributed by atoms with Crippen molar-refractivity contribution in [3.05, 3.63) is 12.2 Å². The van der Waals surface area contributed by atoms with Crippen molar-refractivity contribution in [3.63, 3.8) is 0 Å². The van der Waals surface area contributed by atoms with Crippen LogP contribution < -0.4 is 0 Å². The number of amidine groups is 1. The van der Waals surface area contributed by atoms with E-state index in [4.69, 9.17) is 5.41 Å². The van der Waals surface area contributed by atoms with Gasteiger partial charge in [-0.25, -0.2) is 10.4 Å². The summed E-state index contributed by atoms with van der Waals surface area (Å²) in [7, 11) is 1.43. The van der Waals surface area contributed by atoms with Gasteiger partial charge in [0.05, 0.1) is 7.11 Å². The van der Waals surface area contributed by atoms with Crippen LogP contribution in [0.15, 0.2) is 17.1 Å². The lowest BCUT2D eigenvalue weighted by atomic mass is 10.4. The first-order chi connectivity index (χ1) is 4.70. The summed E-state index contributed by atoms with van der Waals surface area (Å²) in [5.74, 6) is 0. The van der Waals surface area contributed by atoms with Crippen molar-refractivity contribution < 1.29 is 4.74 Å². The first-order valence-corrected chi connectivity index (χ1v) is 3.01. The second kappa shape index (κ2) is 4.73. The van der Waals surface area contributed by atoms with Crippen LogP contribution in [-0.4, -0.2) is 18.8 Å². The molecule has 0 aliphatic heterocycles. The molecule has 0 aromatic carbocycles. The lowest BCUT2D eigenvalue weighted by Gasteiger charge is -1.93. The summed E-state index contributed by atoms with van der Waals surface area (Å²) in [5, 5.41) is 7.00. The molecule has 0 saturated carbocycles. The molecule has 0 bridgehead atoms. The van der Waals surface area contributed by atoms with Crippen LogP contribution in [-0.2, 0) is 4.74 Å². The van der Waals surface area contributed by atoms with Gasteiger partial charge in [0.1, 0.15) is 0 Å². The molecule has 0 radical (unpaired) electrons. The molecular formula is C7H12N2O. The molecule has 10 heavy (non-hydrogen) atoms. The number of hydrogen-bond acceptors (Lipinski definition) is 2. The summed E-state index contributed by atoms with van der Waals surface area (Å²) < 4.78 is 4.53. The average molecular weight is 140 g/mol. The Morgan fingerprint density at radius 2 is 2.20 bits per heavy atom. The largest absolute Gasteiger partial charge is 0.467 e. The molecule has 0 atom stereocenters. The third-order valence-electron chi connectivity index (χ3n) is 0.879. The quantitative estimate of drug-likeness (QED) is 0.436. The highest BCUT2D eigenvalue weighted by Gasteiger charge is 1.87. The van der Waals surface area contributed by atoms with Crippen molar-refractivity contribution in [1.29, 1.82) is 5.41 Å². The van der Waals surface area contributed by atoms with Gasteiger partial charge in [0.25, 0.3) is 0 Å². The van der Waals surface area contributed by atoms with Gasteiger partial charge >= 0.3 is 6.02 Å². The van der Waals surface area contributed by atoms with Gasteiger partial charge in [0.2, 0.25) is 0 Å². The van der Waals surface area contributed by atoms with Gasteiger partial charge in [-0.1, -0.05) is 6.08 Å². The normalized spacial score (nSPS) is 12.1. The minimum atomic E-state index is -0.0596. The zero-order valence-electron chi connectivity index (χ0n) is 6.51. The zero-order chi connectivity index (χ0) is 7.98. The van der Waals surface area contributed by atoms with E-state index >= 15 is 0 Å². The number of allylic oxidation sites excluding steroid dienone is 2. The molecule has 56 valence electrons. The van der Waals surface area contributed by atoms with Crippen LogP contribution in [0.4, 0.5) is 0 Å². The second-order valence-electron chi connectivity index (χ2n) is 1.76. The van der Waals surface area contributed by atoms with E-state index < -0.39 is 0 Å². The van der Waals surface area contributed by atoms with Crippen LogP contribution in [0.3, 0.4) is 0 Å². The van der Waals surface area contributed by atoms with E-state index in [1.807, 2.05) is 26.0 Å². The van der Waals surface area contributed by atoms with Crippen LogP contribution in [0.1, 0.15) is 13.8 Å². The molecule has 0 rings (SSSR count). The van der Waals surface area contributed by atoms with Crippen molar-refractivity contribution in [2.45, 2.75) is 13.8 Å². The van der Waals surface area contributed by atoms with Gasteiger partial charge in [-0.3, -0.25) is 0 Å². The summed E-state index contributed by atoms with van der Waals surface area (Å²) in [6.07, 6.45) is 3.68. The van der Waals surface area contributed by atoms with Crippen molar-refractivity contribution in [1.82, 2.24) is 0 Å². The number of aliphatic imine (C=N–C) groups is 1. The molecule has 0 fully saturated rings. The van der Waals surface area contributed by atoms with Gasteiger partial charge in [-0.15, -0.1) is 0 Å². The van der Waals surface area contributed by atoms with Gasteiger partial charge in [-0.2, -0.15) is 0 Å². The maximum absolute atomic E-state index is 7.00. The first-order valence-electron chi connectivity index (χ1n) is 3.01. The topological polar surface area (TPSA) is 45.4 Å². The Hall–Kier alpha value is -1.12. The smallest absolute Gasteiger partial charge is 0.308 e. The minimum Gasteiger partial charge on any atom is -0.467 e. The molecule has 0 aromatic heterocycles. The lowest BCUT2D eigenvalue weighted by molar-refractivity contribution is 0.393. The van der Waals surface area contributed by atoms with Crippen LogP contribution in [0.25, 0.3) is 0 Å². The molecule has 0 aliphatic rings. The number of nitrogens with one attached hydrogen (secondary N) is 1. The molecule has 0 unspecified atom stereocenters. The van der Waals surface area contributed by atoms with Gasteiger partial charge in [-0.05, 0) is 19.9 Å². The summed E-state index contributed by atoms with van der Waals surface area (Å²) in [5.41, 5.74) is 0.773. The van der Waals surface area contributed by atoms with E-state index in [1.54, 1.807) is 0 Å². The molecule has 0 heterocycles. The molecule has 0 amide bonds. The fraction of sp³-hybridized carbons (Fsp3) is 0.429. The highest BCUT2D eigenvalue weighted by molar-refractivity contribution is 5.99. The van der Waals surface area contributed by atoms with Gasteiger partial charge in [0, 0.05) is 5.71 Å². The Morgan fingerprint density at radius 3 is 2.60 bits per heavy atom. The Labute approximate surface area is 60.9 Å². The van der Waals surface area contributed by atoms with Crippen molar-refractivity contribution >= 4 is 11.7 Å². The molecule has 3 heteroatoms. The predicted octanol–water partition coefficient (Wildman–Crippen LogP) is 1.60. The highest BCUT2D eigenvalue weighted by Crippen LogP contribution is 1.83. The predicted molar refractivity (Wildman–Crippen MR) is 42.7 cm³/mol. The zero-order valence-corrected chi connectivity index (χ0v) is 6.51. The Bertz CT molecular complexity index is 170. The fourth-order valence-electron chi connectivity index (χ4n) is 0.484. The second-order valence-corrected chi connectivity index (χ2v) is 1.76. The van der Waals surface area contributed by atoms with E-state index in [9.17, 15) is 0 Å². The van der Waals surface area contributed by atoms with Crippen LogP contribution in [0, 0.1) is 5.41 Å². The number of ether oxygens (including phenoxy) is 1. The number of rotatable bonds is 1. The molecule has 0 aromatic rings. The maximum Gasteiger partial charge on any atom is 0.308 e. The van der Waals surface area contributed by atoms with E-state index in [1.165, 1.54) is 7.11 Å². The van der Waals surface area contributed by atoms with E-state index in [2.05, 4.69) is 9.73 Å².